The number of hydrogen-bond donors (Lipinski definition) is 1. The molecule has 0 unspecified atom stereocenters. The van der Waals surface area contributed by atoms with E-state index in [9.17, 15) is 4.79 Å². The molecule has 1 amide bonds. The van der Waals surface area contributed by atoms with Crippen LogP contribution in [0.1, 0.15) is 17.3 Å². The SMILES string of the molecule is Cc1nc(CN2CCN(CC(=O)Nc3ccncc3)CC2)oc1C. The van der Waals surface area contributed by atoms with Crippen LogP contribution in [-0.2, 0) is 11.3 Å². The van der Waals surface area contributed by atoms with Crippen LogP contribution >= 0.6 is 0 Å². The minimum absolute atomic E-state index is 0.00796. The molecule has 2 aromatic heterocycles. The van der Waals surface area contributed by atoms with Gasteiger partial charge < -0.3 is 9.73 Å². The number of anilines is 1. The van der Waals surface area contributed by atoms with Gasteiger partial charge in [0.25, 0.3) is 0 Å². The fourth-order valence-corrected chi connectivity index (χ4v) is 2.74. The largest absolute Gasteiger partial charge is 0.444 e. The number of carbonyl (C=O) groups is 1. The van der Waals surface area contributed by atoms with E-state index < -0.39 is 0 Å². The van der Waals surface area contributed by atoms with E-state index >= 15 is 0 Å². The molecule has 3 rings (SSSR count). The number of nitrogens with one attached hydrogen (secondary N) is 1. The Morgan fingerprint density at radius 3 is 2.46 bits per heavy atom. The quantitative estimate of drug-likeness (QED) is 0.895. The lowest BCUT2D eigenvalue weighted by molar-refractivity contribution is -0.117. The molecule has 0 radical (unpaired) electrons. The summed E-state index contributed by atoms with van der Waals surface area (Å²) in [7, 11) is 0. The monoisotopic (exact) mass is 329 g/mol. The van der Waals surface area contributed by atoms with E-state index in [0.717, 1.165) is 55.8 Å². The van der Waals surface area contributed by atoms with Crippen molar-refractivity contribution >= 4 is 11.6 Å². The van der Waals surface area contributed by atoms with Crippen LogP contribution < -0.4 is 5.32 Å². The number of nitrogens with zero attached hydrogens (tertiary/aromatic N) is 4. The lowest BCUT2D eigenvalue weighted by atomic mass is 10.3. The second-order valence-corrected chi connectivity index (χ2v) is 6.09. The van der Waals surface area contributed by atoms with E-state index in [1.165, 1.54) is 0 Å². The summed E-state index contributed by atoms with van der Waals surface area (Å²) >= 11 is 0. The molecule has 1 N–H and O–H groups in total. The van der Waals surface area contributed by atoms with Gasteiger partial charge in [0, 0.05) is 44.3 Å². The molecule has 1 saturated heterocycles. The Kier molecular flexibility index (Phi) is 5.22. The highest BCUT2D eigenvalue weighted by Gasteiger charge is 2.20. The third-order valence-electron chi connectivity index (χ3n) is 4.23. The average molecular weight is 329 g/mol. The zero-order valence-electron chi connectivity index (χ0n) is 14.2. The van der Waals surface area contributed by atoms with E-state index in [0.29, 0.717) is 6.54 Å². The van der Waals surface area contributed by atoms with Crippen LogP contribution in [0.4, 0.5) is 5.69 Å². The minimum Gasteiger partial charge on any atom is -0.444 e. The van der Waals surface area contributed by atoms with Gasteiger partial charge in [-0.15, -0.1) is 0 Å². The van der Waals surface area contributed by atoms with Crippen molar-refractivity contribution in [3.05, 3.63) is 41.9 Å². The first-order valence-corrected chi connectivity index (χ1v) is 8.17. The molecule has 2 aromatic rings. The molecule has 0 spiro atoms. The van der Waals surface area contributed by atoms with Crippen molar-refractivity contribution in [1.82, 2.24) is 19.8 Å². The first-order valence-electron chi connectivity index (χ1n) is 8.17. The van der Waals surface area contributed by atoms with Crippen molar-refractivity contribution in [3.63, 3.8) is 0 Å². The Morgan fingerprint density at radius 2 is 1.83 bits per heavy atom. The highest BCUT2D eigenvalue weighted by atomic mass is 16.4. The lowest BCUT2D eigenvalue weighted by Gasteiger charge is -2.33. The van der Waals surface area contributed by atoms with Crippen LogP contribution in [0.25, 0.3) is 0 Å². The predicted octanol–water partition coefficient (Wildman–Crippen LogP) is 1.44. The van der Waals surface area contributed by atoms with Crippen LogP contribution in [0, 0.1) is 13.8 Å². The summed E-state index contributed by atoms with van der Waals surface area (Å²) in [6, 6.07) is 3.58. The average Bonchev–Trinajstić information content (AvgIpc) is 2.88. The predicted molar refractivity (Wildman–Crippen MR) is 90.6 cm³/mol. The Labute approximate surface area is 141 Å². The number of oxazole rings is 1. The molecule has 3 heterocycles. The van der Waals surface area contributed by atoms with Crippen molar-refractivity contribution in [2.45, 2.75) is 20.4 Å². The van der Waals surface area contributed by atoms with Gasteiger partial charge in [-0.1, -0.05) is 0 Å². The topological polar surface area (TPSA) is 74.5 Å². The molecular weight excluding hydrogens is 306 g/mol. The normalized spacial score (nSPS) is 16.2. The van der Waals surface area contributed by atoms with Crippen molar-refractivity contribution < 1.29 is 9.21 Å². The van der Waals surface area contributed by atoms with Crippen LogP contribution in [0.15, 0.2) is 28.9 Å². The number of carbonyl (C=O) groups excluding carboxylic acids is 1. The van der Waals surface area contributed by atoms with E-state index in [4.69, 9.17) is 4.42 Å². The molecule has 1 aliphatic heterocycles. The number of pyridine rings is 1. The van der Waals surface area contributed by atoms with Gasteiger partial charge in [0.2, 0.25) is 11.8 Å². The smallest absolute Gasteiger partial charge is 0.238 e. The summed E-state index contributed by atoms with van der Waals surface area (Å²) in [6.45, 7) is 8.57. The maximum absolute atomic E-state index is 12.1. The van der Waals surface area contributed by atoms with Gasteiger partial charge in [-0.3, -0.25) is 19.6 Å². The summed E-state index contributed by atoms with van der Waals surface area (Å²) in [4.78, 5) is 24.9. The molecule has 1 fully saturated rings. The van der Waals surface area contributed by atoms with Crippen LogP contribution in [0.5, 0.6) is 0 Å². The van der Waals surface area contributed by atoms with Crippen molar-refractivity contribution in [2.75, 3.05) is 38.0 Å². The number of aryl methyl sites for hydroxylation is 2. The van der Waals surface area contributed by atoms with Gasteiger partial charge in [-0.25, -0.2) is 4.98 Å². The number of amides is 1. The van der Waals surface area contributed by atoms with Crippen LogP contribution in [-0.4, -0.2) is 58.4 Å². The zero-order chi connectivity index (χ0) is 16.9. The van der Waals surface area contributed by atoms with Gasteiger partial charge in [0.15, 0.2) is 0 Å². The molecule has 0 bridgehead atoms. The van der Waals surface area contributed by atoms with E-state index in [1.807, 2.05) is 13.8 Å². The molecular formula is C17H23N5O2. The summed E-state index contributed by atoms with van der Waals surface area (Å²) in [5, 5.41) is 2.89. The van der Waals surface area contributed by atoms with Gasteiger partial charge in [-0.2, -0.15) is 0 Å². The highest BCUT2D eigenvalue weighted by Crippen LogP contribution is 2.12. The standard InChI is InChI=1S/C17H23N5O2/c1-13-14(2)24-17(19-13)12-22-9-7-21(8-10-22)11-16(23)20-15-3-5-18-6-4-15/h3-6H,7-12H2,1-2H3,(H,18,20,23). The first-order chi connectivity index (χ1) is 11.6. The third kappa shape index (κ3) is 4.39. The second-order valence-electron chi connectivity index (χ2n) is 6.09. The maximum atomic E-state index is 12.1. The van der Waals surface area contributed by atoms with Crippen molar-refractivity contribution in [3.8, 4) is 0 Å². The number of rotatable bonds is 5. The summed E-state index contributed by atoms with van der Waals surface area (Å²) in [6.07, 6.45) is 3.33. The molecule has 128 valence electrons. The molecule has 0 aliphatic carbocycles. The maximum Gasteiger partial charge on any atom is 0.238 e. The van der Waals surface area contributed by atoms with Gasteiger partial charge in [0.1, 0.15) is 5.76 Å². The lowest BCUT2D eigenvalue weighted by Crippen LogP contribution is -2.48. The first kappa shape index (κ1) is 16.6. The van der Waals surface area contributed by atoms with Gasteiger partial charge >= 0.3 is 0 Å². The molecule has 7 heteroatoms. The molecule has 0 atom stereocenters. The summed E-state index contributed by atoms with van der Waals surface area (Å²) < 4.78 is 5.64. The molecule has 0 aromatic carbocycles. The summed E-state index contributed by atoms with van der Waals surface area (Å²) in [5.41, 5.74) is 1.74. The number of aromatic nitrogens is 2. The highest BCUT2D eigenvalue weighted by molar-refractivity contribution is 5.92. The van der Waals surface area contributed by atoms with Gasteiger partial charge in [-0.05, 0) is 26.0 Å². The Hall–Kier alpha value is -2.25. The Balaban J connectivity index is 1.42. The molecule has 7 nitrogen and oxygen atoms in total. The van der Waals surface area contributed by atoms with E-state index in [-0.39, 0.29) is 5.91 Å². The van der Waals surface area contributed by atoms with Crippen LogP contribution in [0.3, 0.4) is 0 Å². The summed E-state index contributed by atoms with van der Waals surface area (Å²) in [5.74, 6) is 1.67. The number of hydrogen-bond acceptors (Lipinski definition) is 6. The van der Waals surface area contributed by atoms with Crippen molar-refractivity contribution in [1.29, 1.82) is 0 Å². The van der Waals surface area contributed by atoms with Crippen molar-refractivity contribution in [2.24, 2.45) is 0 Å². The fourth-order valence-electron chi connectivity index (χ4n) is 2.74. The Bertz CT molecular complexity index is 658. The van der Waals surface area contributed by atoms with E-state index in [2.05, 4.69) is 25.1 Å². The molecule has 0 saturated carbocycles. The minimum atomic E-state index is 0.00796. The molecule has 24 heavy (non-hydrogen) atoms. The van der Waals surface area contributed by atoms with Gasteiger partial charge in [0.05, 0.1) is 18.8 Å². The van der Waals surface area contributed by atoms with Crippen LogP contribution in [0.2, 0.25) is 0 Å². The fraction of sp³-hybridized carbons (Fsp3) is 0.471. The number of piperazine rings is 1. The van der Waals surface area contributed by atoms with E-state index in [1.54, 1.807) is 24.5 Å². The third-order valence-corrected chi connectivity index (χ3v) is 4.23. The second kappa shape index (κ2) is 7.55. The molecule has 1 aliphatic rings. The zero-order valence-corrected chi connectivity index (χ0v) is 14.2. The Morgan fingerprint density at radius 1 is 1.17 bits per heavy atom.